The fraction of sp³-hybridized carbons (Fsp3) is 0.381. The fourth-order valence-corrected chi connectivity index (χ4v) is 4.23. The summed E-state index contributed by atoms with van der Waals surface area (Å²) in [6.07, 6.45) is -0.350. The highest BCUT2D eigenvalue weighted by atomic mass is 32.2. The third-order valence-electron chi connectivity index (χ3n) is 5.27. The predicted octanol–water partition coefficient (Wildman–Crippen LogP) is 1.08. The number of fused-ring (bicyclic) bond motifs is 1. The number of carbonyl (C=O) groups excluding carboxylic acids is 1. The summed E-state index contributed by atoms with van der Waals surface area (Å²) >= 11 is 0. The lowest BCUT2D eigenvalue weighted by Crippen LogP contribution is -2.43. The fourth-order valence-electron chi connectivity index (χ4n) is 3.69. The van der Waals surface area contributed by atoms with E-state index in [0.29, 0.717) is 50.1 Å². The summed E-state index contributed by atoms with van der Waals surface area (Å²) < 4.78 is 40.8. The van der Waals surface area contributed by atoms with Crippen LogP contribution in [0.1, 0.15) is 10.4 Å². The Labute approximate surface area is 181 Å². The Kier molecular flexibility index (Phi) is 6.03. The molecular formula is C21H25N3O6S. The molecule has 1 atom stereocenters. The van der Waals surface area contributed by atoms with Gasteiger partial charge in [-0.1, -0.05) is 12.1 Å². The number of sulfonamides is 1. The van der Waals surface area contributed by atoms with Crippen LogP contribution in [-0.2, 0) is 14.8 Å². The Hall–Kier alpha value is -2.82. The monoisotopic (exact) mass is 447 g/mol. The van der Waals surface area contributed by atoms with Crippen molar-refractivity contribution in [2.45, 2.75) is 11.0 Å². The highest BCUT2D eigenvalue weighted by molar-refractivity contribution is 7.89. The number of benzene rings is 2. The van der Waals surface area contributed by atoms with E-state index >= 15 is 0 Å². The van der Waals surface area contributed by atoms with Gasteiger partial charge in [-0.2, -0.15) is 0 Å². The van der Waals surface area contributed by atoms with Gasteiger partial charge < -0.3 is 24.0 Å². The molecule has 1 saturated heterocycles. The zero-order valence-electron chi connectivity index (χ0n) is 17.2. The highest BCUT2D eigenvalue weighted by Gasteiger charge is 2.27. The number of nitrogens with two attached hydrogens (primary N) is 1. The molecule has 2 aliphatic rings. The average molecular weight is 448 g/mol. The molecule has 2 aliphatic heterocycles. The van der Waals surface area contributed by atoms with E-state index in [1.54, 1.807) is 13.1 Å². The lowest BCUT2D eigenvalue weighted by Gasteiger charge is -2.32. The Bertz CT molecular complexity index is 1070. The van der Waals surface area contributed by atoms with Crippen molar-refractivity contribution in [1.82, 2.24) is 4.90 Å². The van der Waals surface area contributed by atoms with Gasteiger partial charge in [-0.05, 0) is 30.3 Å². The SMILES string of the molecule is CN(C[C@@H]1COc2ccccc2O1)C(=O)c1cc(S(N)(=O)=O)ccc1N1CCOCC1. The average Bonchev–Trinajstić information content (AvgIpc) is 2.78. The van der Waals surface area contributed by atoms with Crippen LogP contribution in [0.2, 0.25) is 0 Å². The molecule has 166 valence electrons. The number of likely N-dealkylation sites (N-methyl/N-ethyl adjacent to an activating group) is 1. The largest absolute Gasteiger partial charge is 0.486 e. The number of primary sulfonamides is 1. The van der Waals surface area contributed by atoms with Gasteiger partial charge in [0.05, 0.1) is 30.2 Å². The Balaban J connectivity index is 1.57. The van der Waals surface area contributed by atoms with Crippen LogP contribution in [0.3, 0.4) is 0 Å². The number of hydrogen-bond donors (Lipinski definition) is 1. The van der Waals surface area contributed by atoms with Gasteiger partial charge in [0.15, 0.2) is 17.6 Å². The van der Waals surface area contributed by atoms with Crippen molar-refractivity contribution in [3.63, 3.8) is 0 Å². The first-order valence-electron chi connectivity index (χ1n) is 9.96. The molecule has 9 nitrogen and oxygen atoms in total. The normalized spacial score (nSPS) is 18.5. The van der Waals surface area contributed by atoms with Crippen LogP contribution in [0.5, 0.6) is 11.5 Å². The third-order valence-corrected chi connectivity index (χ3v) is 6.18. The number of anilines is 1. The van der Waals surface area contributed by atoms with Gasteiger partial charge in [-0.15, -0.1) is 0 Å². The Morgan fingerprint density at radius 3 is 2.58 bits per heavy atom. The standard InChI is InChI=1S/C21H25N3O6S/c1-23(13-15-14-29-19-4-2-3-5-20(19)30-15)21(25)17-12-16(31(22,26)27)6-7-18(17)24-8-10-28-11-9-24/h2-7,12,15H,8-11,13-14H2,1H3,(H2,22,26,27)/t15-/m1/s1. The van der Waals surface area contributed by atoms with Gasteiger partial charge in [-0.25, -0.2) is 13.6 Å². The first-order valence-corrected chi connectivity index (χ1v) is 11.5. The lowest BCUT2D eigenvalue weighted by atomic mass is 10.1. The van der Waals surface area contributed by atoms with Crippen LogP contribution in [0, 0.1) is 0 Å². The van der Waals surface area contributed by atoms with Gasteiger partial charge in [0.2, 0.25) is 10.0 Å². The number of rotatable bonds is 5. The number of amides is 1. The van der Waals surface area contributed by atoms with Crippen molar-refractivity contribution in [2.75, 3.05) is 51.4 Å². The zero-order chi connectivity index (χ0) is 22.0. The van der Waals surface area contributed by atoms with E-state index in [2.05, 4.69) is 0 Å². The van der Waals surface area contributed by atoms with Crippen molar-refractivity contribution in [3.05, 3.63) is 48.0 Å². The number of morpholine rings is 1. The Morgan fingerprint density at radius 2 is 1.87 bits per heavy atom. The minimum Gasteiger partial charge on any atom is -0.486 e. The molecule has 0 unspecified atom stereocenters. The molecule has 2 aromatic rings. The molecule has 0 spiro atoms. The zero-order valence-corrected chi connectivity index (χ0v) is 18.0. The molecule has 0 saturated carbocycles. The number of nitrogens with zero attached hydrogens (tertiary/aromatic N) is 2. The maximum absolute atomic E-state index is 13.3. The summed E-state index contributed by atoms with van der Waals surface area (Å²) in [5, 5.41) is 5.30. The first kappa shape index (κ1) is 21.4. The summed E-state index contributed by atoms with van der Waals surface area (Å²) in [5.74, 6) is 0.975. The van der Waals surface area contributed by atoms with Crippen molar-refractivity contribution in [3.8, 4) is 11.5 Å². The number of hydrogen-bond acceptors (Lipinski definition) is 7. The second-order valence-electron chi connectivity index (χ2n) is 7.51. The summed E-state index contributed by atoms with van der Waals surface area (Å²) in [4.78, 5) is 16.8. The van der Waals surface area contributed by atoms with E-state index in [9.17, 15) is 13.2 Å². The van der Waals surface area contributed by atoms with Crippen molar-refractivity contribution < 1.29 is 27.4 Å². The molecule has 10 heteroatoms. The van der Waals surface area contributed by atoms with Crippen LogP contribution >= 0.6 is 0 Å². The van der Waals surface area contributed by atoms with Gasteiger partial charge in [0.1, 0.15) is 6.61 Å². The van der Waals surface area contributed by atoms with Crippen molar-refractivity contribution in [2.24, 2.45) is 5.14 Å². The molecule has 2 N–H and O–H groups in total. The van der Waals surface area contributed by atoms with Crippen LogP contribution < -0.4 is 19.5 Å². The van der Waals surface area contributed by atoms with E-state index in [1.807, 2.05) is 29.2 Å². The van der Waals surface area contributed by atoms with Crippen LogP contribution in [0.25, 0.3) is 0 Å². The lowest BCUT2D eigenvalue weighted by molar-refractivity contribution is 0.0520. The minimum atomic E-state index is -3.95. The molecule has 0 aromatic heterocycles. The summed E-state index contributed by atoms with van der Waals surface area (Å²) in [6, 6.07) is 11.8. The maximum Gasteiger partial charge on any atom is 0.255 e. The molecule has 0 radical (unpaired) electrons. The molecule has 2 aromatic carbocycles. The molecule has 2 heterocycles. The molecule has 0 aliphatic carbocycles. The van der Waals surface area contributed by atoms with Gasteiger partial charge in [0, 0.05) is 25.8 Å². The number of ether oxygens (including phenoxy) is 3. The van der Waals surface area contributed by atoms with E-state index in [1.165, 1.54) is 17.0 Å². The van der Waals surface area contributed by atoms with E-state index in [-0.39, 0.29) is 29.0 Å². The van der Waals surface area contributed by atoms with Gasteiger partial charge in [0.25, 0.3) is 5.91 Å². The highest BCUT2D eigenvalue weighted by Crippen LogP contribution is 2.31. The summed E-state index contributed by atoms with van der Waals surface area (Å²) in [7, 11) is -2.30. The second-order valence-corrected chi connectivity index (χ2v) is 9.07. The second kappa shape index (κ2) is 8.74. The van der Waals surface area contributed by atoms with Crippen molar-refractivity contribution >= 4 is 21.6 Å². The topological polar surface area (TPSA) is 111 Å². The van der Waals surface area contributed by atoms with E-state index < -0.39 is 10.0 Å². The van der Waals surface area contributed by atoms with Gasteiger partial charge >= 0.3 is 0 Å². The third kappa shape index (κ3) is 4.76. The van der Waals surface area contributed by atoms with E-state index in [4.69, 9.17) is 19.3 Å². The first-order chi connectivity index (χ1) is 14.8. The number of para-hydroxylation sites is 2. The Morgan fingerprint density at radius 1 is 1.16 bits per heavy atom. The molecular weight excluding hydrogens is 422 g/mol. The van der Waals surface area contributed by atoms with Gasteiger partial charge in [-0.3, -0.25) is 4.79 Å². The molecule has 1 amide bonds. The molecule has 4 rings (SSSR count). The van der Waals surface area contributed by atoms with Crippen molar-refractivity contribution in [1.29, 1.82) is 0 Å². The molecule has 31 heavy (non-hydrogen) atoms. The summed E-state index contributed by atoms with van der Waals surface area (Å²) in [5.41, 5.74) is 0.923. The summed E-state index contributed by atoms with van der Waals surface area (Å²) in [6.45, 7) is 2.86. The van der Waals surface area contributed by atoms with Crippen LogP contribution in [-0.4, -0.2) is 71.8 Å². The number of carbonyl (C=O) groups is 1. The minimum absolute atomic E-state index is 0.104. The molecule has 1 fully saturated rings. The van der Waals surface area contributed by atoms with Crippen LogP contribution in [0.4, 0.5) is 5.69 Å². The quantitative estimate of drug-likeness (QED) is 0.730. The van der Waals surface area contributed by atoms with E-state index in [0.717, 1.165) is 0 Å². The molecule has 0 bridgehead atoms. The smallest absolute Gasteiger partial charge is 0.255 e. The predicted molar refractivity (Wildman–Crippen MR) is 114 cm³/mol. The van der Waals surface area contributed by atoms with Crippen LogP contribution in [0.15, 0.2) is 47.4 Å². The maximum atomic E-state index is 13.3.